The van der Waals surface area contributed by atoms with Gasteiger partial charge in [-0.05, 0) is 86.1 Å². The Morgan fingerprint density at radius 3 is 2.10 bits per heavy atom. The molecule has 1 unspecified atom stereocenters. The molecule has 4 amide bonds. The number of nitrogens with one attached hydrogen (secondary N) is 4. The number of piperidine rings is 1. The molecule has 0 radical (unpaired) electrons. The van der Waals surface area contributed by atoms with E-state index in [1.165, 1.54) is 11.8 Å². The van der Waals surface area contributed by atoms with Crippen molar-refractivity contribution in [2.45, 2.75) is 82.9 Å². The molecule has 4 aromatic carbocycles. The highest BCUT2D eigenvalue weighted by Gasteiger charge is 2.46. The van der Waals surface area contributed by atoms with E-state index in [1.807, 2.05) is 61.5 Å². The monoisotopic (exact) mass is 921 g/mol. The van der Waals surface area contributed by atoms with E-state index < -0.39 is 48.4 Å². The summed E-state index contributed by atoms with van der Waals surface area (Å²) >= 11 is 0. The summed E-state index contributed by atoms with van der Waals surface area (Å²) in [5.74, 6) is -1.36. The molecule has 0 bridgehead atoms. The second-order valence-electron chi connectivity index (χ2n) is 18.4. The van der Waals surface area contributed by atoms with Crippen LogP contribution in [0.2, 0.25) is 0 Å². The van der Waals surface area contributed by atoms with E-state index in [2.05, 4.69) is 53.4 Å². The molecule has 3 aliphatic heterocycles. The summed E-state index contributed by atoms with van der Waals surface area (Å²) in [6.45, 7) is 11.3. The zero-order chi connectivity index (χ0) is 47.5. The molecule has 2 fully saturated rings. The number of piperazine rings is 1. The highest BCUT2D eigenvalue weighted by Crippen LogP contribution is 2.45. The number of fused-ring (bicyclic) bond motifs is 6. The lowest BCUT2D eigenvalue weighted by atomic mass is 9.95. The molecule has 2 saturated heterocycles. The molecule has 0 saturated carbocycles. The van der Waals surface area contributed by atoms with Crippen LogP contribution in [0.4, 0.5) is 21.1 Å². The number of phenolic OH excluding ortho intramolecular Hbond substituents is 1. The molecule has 9 rings (SSSR count). The number of hydrogen-bond acceptors (Lipinski definition) is 12. The van der Waals surface area contributed by atoms with E-state index in [9.17, 15) is 24.3 Å². The third kappa shape index (κ3) is 9.43. The number of alkyl carbamates (subject to hydrolysis) is 1. The fourth-order valence-corrected chi connectivity index (χ4v) is 10.1. The van der Waals surface area contributed by atoms with Crippen molar-refractivity contribution >= 4 is 35.5 Å². The van der Waals surface area contributed by atoms with Crippen molar-refractivity contribution in [3.05, 3.63) is 126 Å². The Morgan fingerprint density at radius 1 is 0.779 bits per heavy atom. The molecular weight excluding hydrogens is 863 g/mol. The van der Waals surface area contributed by atoms with Gasteiger partial charge in [-0.2, -0.15) is 0 Å². The smallest absolute Gasteiger partial charge is 0.418 e. The second kappa shape index (κ2) is 20.1. The number of anilines is 2. The summed E-state index contributed by atoms with van der Waals surface area (Å²) in [6.07, 6.45) is -0.694. The predicted octanol–water partition coefficient (Wildman–Crippen LogP) is 6.32. The first-order valence-electron chi connectivity index (χ1n) is 23.6. The third-order valence-corrected chi connectivity index (χ3v) is 13.8. The molecule has 354 valence electrons. The molecule has 5 aromatic rings. The van der Waals surface area contributed by atoms with Gasteiger partial charge in [-0.3, -0.25) is 19.4 Å². The average molecular weight is 922 g/mol. The number of carbonyl (C=O) groups excluding carboxylic acids is 4. The van der Waals surface area contributed by atoms with Crippen LogP contribution in [0.25, 0.3) is 22.4 Å². The van der Waals surface area contributed by atoms with Gasteiger partial charge in [0, 0.05) is 42.7 Å². The summed E-state index contributed by atoms with van der Waals surface area (Å²) in [5, 5.41) is 31.6. The lowest BCUT2D eigenvalue weighted by Crippen LogP contribution is -2.66. The maximum atomic E-state index is 14.8. The van der Waals surface area contributed by atoms with Gasteiger partial charge >= 0.3 is 12.2 Å². The van der Waals surface area contributed by atoms with Gasteiger partial charge in [0.05, 0.1) is 23.5 Å². The second-order valence-corrected chi connectivity index (χ2v) is 18.4. The van der Waals surface area contributed by atoms with Crippen molar-refractivity contribution in [3.63, 3.8) is 0 Å². The van der Waals surface area contributed by atoms with Crippen LogP contribution in [0.1, 0.15) is 69.4 Å². The standard InChI is InChI=1S/C52H59N9O7/c1-31(2)46(55-51(65)67-30-41-38-18-10-8-16-36(38)37-17-9-11-19-39(37)41)49(64)54-32(3)48(63)56-50(34-14-6-5-7-15-34)68-52(66)61-33(4)44-29-59(35-22-24-53-25-23-35)26-27-60(44)43-28-42(57-58-47(43)61)40-20-12-13-21-45(40)62/h5-21,28,31-33,35,41,44,46,50,53,62H,22-27,29-30H2,1-4H3,(H,54,64)(H,55,65)(H,56,63)/t32-,33-,44-,46-,50?/m0/s1. The number of hydrogen-bond donors (Lipinski definition) is 5. The van der Waals surface area contributed by atoms with Crippen LogP contribution in [-0.2, 0) is 19.1 Å². The Labute approximate surface area is 396 Å². The maximum absolute atomic E-state index is 14.8. The quantitative estimate of drug-likeness (QED) is 0.0878. The van der Waals surface area contributed by atoms with Crippen LogP contribution < -0.4 is 31.1 Å². The van der Waals surface area contributed by atoms with Gasteiger partial charge in [0.15, 0.2) is 5.82 Å². The molecular formula is C52H59N9O7. The van der Waals surface area contributed by atoms with Crippen molar-refractivity contribution in [3.8, 4) is 28.1 Å². The van der Waals surface area contributed by atoms with E-state index in [0.29, 0.717) is 47.5 Å². The van der Waals surface area contributed by atoms with Crippen LogP contribution in [-0.4, -0.2) is 114 Å². The molecule has 68 heavy (non-hydrogen) atoms. The molecule has 16 heteroatoms. The fourth-order valence-electron chi connectivity index (χ4n) is 10.1. The number of phenols is 1. The summed E-state index contributed by atoms with van der Waals surface area (Å²) in [5.41, 5.74) is 6.49. The highest BCUT2D eigenvalue weighted by molar-refractivity contribution is 5.95. The molecule has 5 N–H and O–H groups in total. The number of aromatic nitrogens is 2. The van der Waals surface area contributed by atoms with E-state index in [-0.39, 0.29) is 30.2 Å². The van der Waals surface area contributed by atoms with E-state index >= 15 is 0 Å². The number of rotatable bonds is 12. The van der Waals surface area contributed by atoms with E-state index in [4.69, 9.17) is 9.47 Å². The first-order valence-corrected chi connectivity index (χ1v) is 23.6. The topological polar surface area (TPSA) is 191 Å². The SMILES string of the molecule is CC(C)[C@H](NC(=O)OCC1c2ccccc2-c2ccccc21)C(=O)N[C@@H](C)C(=O)NC(OC(=O)N1c2nnc(-c3ccccc3O)cc2N2CCN(C3CCNCC3)C[C@H]2[C@@H]1C)c1ccccc1. The van der Waals surface area contributed by atoms with Crippen LogP contribution in [0.5, 0.6) is 5.75 Å². The van der Waals surface area contributed by atoms with Crippen molar-refractivity contribution in [1.82, 2.24) is 36.4 Å². The molecule has 16 nitrogen and oxygen atoms in total. The Balaban J connectivity index is 0.897. The lowest BCUT2D eigenvalue weighted by molar-refractivity contribution is -0.131. The zero-order valence-corrected chi connectivity index (χ0v) is 38.8. The lowest BCUT2D eigenvalue weighted by Gasteiger charge is -2.53. The zero-order valence-electron chi connectivity index (χ0n) is 38.8. The summed E-state index contributed by atoms with van der Waals surface area (Å²) in [6, 6.07) is 31.4. The van der Waals surface area contributed by atoms with E-state index in [1.54, 1.807) is 56.3 Å². The van der Waals surface area contributed by atoms with Gasteiger partial charge in [-0.15, -0.1) is 10.2 Å². The van der Waals surface area contributed by atoms with Crippen LogP contribution in [0, 0.1) is 5.92 Å². The normalized spacial score (nSPS) is 19.4. The summed E-state index contributed by atoms with van der Waals surface area (Å²) in [7, 11) is 0. The van der Waals surface area contributed by atoms with Crippen molar-refractivity contribution in [2.24, 2.45) is 5.92 Å². The van der Waals surface area contributed by atoms with Gasteiger partial charge < -0.3 is 40.7 Å². The molecule has 0 spiro atoms. The first-order chi connectivity index (χ1) is 33.0. The van der Waals surface area contributed by atoms with Crippen molar-refractivity contribution < 1.29 is 33.8 Å². The van der Waals surface area contributed by atoms with Gasteiger partial charge in [0.1, 0.15) is 24.4 Å². The molecule has 1 aromatic heterocycles. The number of para-hydroxylation sites is 1. The average Bonchev–Trinajstić information content (AvgIpc) is 3.68. The number of nitrogens with zero attached hydrogens (tertiary/aromatic N) is 5. The molecule has 5 atom stereocenters. The Hall–Kier alpha value is -7.04. The van der Waals surface area contributed by atoms with Gasteiger partial charge in [0.2, 0.25) is 18.0 Å². The highest BCUT2D eigenvalue weighted by atomic mass is 16.6. The Kier molecular flexibility index (Phi) is 13.6. The minimum Gasteiger partial charge on any atom is -0.507 e. The number of carbonyl (C=O) groups is 4. The number of aromatic hydroxyl groups is 1. The maximum Gasteiger partial charge on any atom is 0.418 e. The minimum absolute atomic E-state index is 0.0629. The fraction of sp³-hybridized carbons (Fsp3) is 0.385. The molecule has 4 heterocycles. The Bertz CT molecular complexity index is 2600. The van der Waals surface area contributed by atoms with Gasteiger partial charge in [-0.1, -0.05) is 105 Å². The largest absolute Gasteiger partial charge is 0.507 e. The van der Waals surface area contributed by atoms with E-state index in [0.717, 1.165) is 54.7 Å². The van der Waals surface area contributed by atoms with Crippen molar-refractivity contribution in [1.29, 1.82) is 0 Å². The predicted molar refractivity (Wildman–Crippen MR) is 258 cm³/mol. The number of benzene rings is 4. The Morgan fingerprint density at radius 2 is 1.43 bits per heavy atom. The molecule has 4 aliphatic rings. The van der Waals surface area contributed by atoms with Gasteiger partial charge in [-0.25, -0.2) is 9.59 Å². The first kappa shape index (κ1) is 46.1. The summed E-state index contributed by atoms with van der Waals surface area (Å²) < 4.78 is 12.0. The summed E-state index contributed by atoms with van der Waals surface area (Å²) in [4.78, 5) is 62.2. The third-order valence-electron chi connectivity index (χ3n) is 13.8. The molecule has 1 aliphatic carbocycles. The number of amides is 4. The number of ether oxygens (including phenoxy) is 2. The minimum atomic E-state index is -1.27. The van der Waals surface area contributed by atoms with Crippen LogP contribution in [0.15, 0.2) is 109 Å². The van der Waals surface area contributed by atoms with Crippen LogP contribution >= 0.6 is 0 Å². The van der Waals surface area contributed by atoms with Crippen molar-refractivity contribution in [2.75, 3.05) is 49.1 Å². The van der Waals surface area contributed by atoms with Crippen LogP contribution in [0.3, 0.4) is 0 Å². The van der Waals surface area contributed by atoms with Gasteiger partial charge in [0.25, 0.3) is 0 Å².